The fraction of sp³-hybridized carbons (Fsp3) is 0.900. The van der Waals surface area contributed by atoms with E-state index in [1.807, 2.05) is 0 Å². The molecule has 0 saturated heterocycles. The second kappa shape index (κ2) is 5.22. The van der Waals surface area contributed by atoms with Crippen LogP contribution in [0, 0.1) is 0 Å². The van der Waals surface area contributed by atoms with Gasteiger partial charge in [0, 0.05) is 26.1 Å². The molecule has 1 rings (SSSR count). The Balaban J connectivity index is 2.09. The van der Waals surface area contributed by atoms with Gasteiger partial charge in [0.25, 0.3) is 0 Å². The Morgan fingerprint density at radius 2 is 2.08 bits per heavy atom. The standard InChI is InChI=1S/C10H20N2O/c1-9(13)11-7-8-12(2)10-5-3-4-6-10/h10H,3-8H2,1-2H3,(H,11,13). The van der Waals surface area contributed by atoms with Crippen LogP contribution in [0.5, 0.6) is 0 Å². The third kappa shape index (κ3) is 3.77. The highest BCUT2D eigenvalue weighted by atomic mass is 16.1. The summed E-state index contributed by atoms with van der Waals surface area (Å²) in [6, 6.07) is 0.758. The van der Waals surface area contributed by atoms with Crippen molar-refractivity contribution in [3.05, 3.63) is 0 Å². The predicted octanol–water partition coefficient (Wildman–Crippen LogP) is 0.997. The zero-order chi connectivity index (χ0) is 9.68. The zero-order valence-corrected chi connectivity index (χ0v) is 8.68. The second-order valence-electron chi connectivity index (χ2n) is 3.90. The molecule has 1 N–H and O–H groups in total. The lowest BCUT2D eigenvalue weighted by Gasteiger charge is -2.23. The van der Waals surface area contributed by atoms with Gasteiger partial charge >= 0.3 is 0 Å². The van der Waals surface area contributed by atoms with Crippen molar-refractivity contribution >= 4 is 5.91 Å². The molecule has 3 heteroatoms. The largest absolute Gasteiger partial charge is 0.355 e. The van der Waals surface area contributed by atoms with Crippen LogP contribution in [0.3, 0.4) is 0 Å². The summed E-state index contributed by atoms with van der Waals surface area (Å²) in [6.07, 6.45) is 5.40. The molecule has 0 atom stereocenters. The molecule has 0 aromatic carbocycles. The van der Waals surface area contributed by atoms with Crippen molar-refractivity contribution in [1.82, 2.24) is 10.2 Å². The average Bonchev–Trinajstić information content (AvgIpc) is 2.55. The first kappa shape index (κ1) is 10.5. The Bertz CT molecular complexity index is 164. The average molecular weight is 184 g/mol. The smallest absolute Gasteiger partial charge is 0.216 e. The van der Waals surface area contributed by atoms with Crippen molar-refractivity contribution in [2.75, 3.05) is 20.1 Å². The first-order chi connectivity index (χ1) is 6.20. The molecule has 0 radical (unpaired) electrons. The van der Waals surface area contributed by atoms with Crippen LogP contribution in [0.15, 0.2) is 0 Å². The Morgan fingerprint density at radius 1 is 1.46 bits per heavy atom. The highest BCUT2D eigenvalue weighted by Crippen LogP contribution is 2.21. The van der Waals surface area contributed by atoms with Gasteiger partial charge in [-0.3, -0.25) is 4.79 Å². The lowest BCUT2D eigenvalue weighted by atomic mass is 10.2. The van der Waals surface area contributed by atoms with Gasteiger partial charge in [0.15, 0.2) is 0 Å². The van der Waals surface area contributed by atoms with E-state index >= 15 is 0 Å². The fourth-order valence-electron chi connectivity index (χ4n) is 1.94. The van der Waals surface area contributed by atoms with Gasteiger partial charge in [-0.1, -0.05) is 12.8 Å². The van der Waals surface area contributed by atoms with E-state index in [1.54, 1.807) is 6.92 Å². The van der Waals surface area contributed by atoms with Gasteiger partial charge in [0.05, 0.1) is 0 Å². The molecular weight excluding hydrogens is 164 g/mol. The SMILES string of the molecule is CC(=O)NCCN(C)C1CCCC1. The van der Waals surface area contributed by atoms with Gasteiger partial charge in [-0.05, 0) is 19.9 Å². The molecule has 76 valence electrons. The summed E-state index contributed by atoms with van der Waals surface area (Å²) in [5, 5.41) is 2.82. The van der Waals surface area contributed by atoms with E-state index in [1.165, 1.54) is 25.7 Å². The number of carbonyl (C=O) groups is 1. The maximum Gasteiger partial charge on any atom is 0.216 e. The van der Waals surface area contributed by atoms with Gasteiger partial charge < -0.3 is 10.2 Å². The minimum atomic E-state index is 0.0693. The summed E-state index contributed by atoms with van der Waals surface area (Å²) < 4.78 is 0. The molecule has 0 aliphatic heterocycles. The highest BCUT2D eigenvalue weighted by molar-refractivity contribution is 5.72. The van der Waals surface area contributed by atoms with Crippen molar-refractivity contribution < 1.29 is 4.79 Å². The number of amides is 1. The Kier molecular flexibility index (Phi) is 4.22. The molecule has 0 spiro atoms. The number of likely N-dealkylation sites (N-methyl/N-ethyl adjacent to an activating group) is 1. The van der Waals surface area contributed by atoms with E-state index in [-0.39, 0.29) is 5.91 Å². The monoisotopic (exact) mass is 184 g/mol. The van der Waals surface area contributed by atoms with E-state index in [0.29, 0.717) is 0 Å². The summed E-state index contributed by atoms with van der Waals surface area (Å²) in [4.78, 5) is 13.0. The van der Waals surface area contributed by atoms with Crippen molar-refractivity contribution in [3.63, 3.8) is 0 Å². The first-order valence-corrected chi connectivity index (χ1v) is 5.15. The van der Waals surface area contributed by atoms with E-state index in [9.17, 15) is 4.79 Å². The van der Waals surface area contributed by atoms with Crippen molar-refractivity contribution in [1.29, 1.82) is 0 Å². The maximum absolute atomic E-state index is 10.6. The van der Waals surface area contributed by atoms with Gasteiger partial charge in [-0.25, -0.2) is 0 Å². The number of hydrogen-bond acceptors (Lipinski definition) is 2. The molecule has 1 amide bonds. The normalized spacial score (nSPS) is 18.1. The van der Waals surface area contributed by atoms with Gasteiger partial charge in [0.2, 0.25) is 5.91 Å². The Labute approximate surface area is 80.5 Å². The molecule has 1 aliphatic carbocycles. The minimum absolute atomic E-state index is 0.0693. The van der Waals surface area contributed by atoms with E-state index in [2.05, 4.69) is 17.3 Å². The number of hydrogen-bond donors (Lipinski definition) is 1. The van der Waals surface area contributed by atoms with Crippen LogP contribution in [-0.2, 0) is 4.79 Å². The number of carbonyl (C=O) groups excluding carboxylic acids is 1. The highest BCUT2D eigenvalue weighted by Gasteiger charge is 2.18. The van der Waals surface area contributed by atoms with Crippen molar-refractivity contribution in [3.8, 4) is 0 Å². The van der Waals surface area contributed by atoms with Crippen LogP contribution in [0.2, 0.25) is 0 Å². The molecule has 1 aliphatic rings. The van der Waals surface area contributed by atoms with Crippen LogP contribution in [0.25, 0.3) is 0 Å². The third-order valence-electron chi connectivity index (χ3n) is 2.79. The lowest BCUT2D eigenvalue weighted by molar-refractivity contribution is -0.119. The quantitative estimate of drug-likeness (QED) is 0.707. The summed E-state index contributed by atoms with van der Waals surface area (Å²) in [5.41, 5.74) is 0. The fourth-order valence-corrected chi connectivity index (χ4v) is 1.94. The van der Waals surface area contributed by atoms with E-state index in [0.717, 1.165) is 19.1 Å². The maximum atomic E-state index is 10.6. The molecule has 1 fully saturated rings. The molecule has 1 saturated carbocycles. The molecule has 13 heavy (non-hydrogen) atoms. The zero-order valence-electron chi connectivity index (χ0n) is 8.68. The van der Waals surface area contributed by atoms with Crippen molar-refractivity contribution in [2.24, 2.45) is 0 Å². The Hall–Kier alpha value is -0.570. The minimum Gasteiger partial charge on any atom is -0.355 e. The molecular formula is C10H20N2O. The summed E-state index contributed by atoms with van der Waals surface area (Å²) in [7, 11) is 2.15. The molecule has 0 bridgehead atoms. The van der Waals surface area contributed by atoms with Gasteiger partial charge in [-0.15, -0.1) is 0 Å². The van der Waals surface area contributed by atoms with Crippen LogP contribution in [0.4, 0.5) is 0 Å². The van der Waals surface area contributed by atoms with Crippen LogP contribution in [-0.4, -0.2) is 37.0 Å². The van der Waals surface area contributed by atoms with Crippen LogP contribution < -0.4 is 5.32 Å². The molecule has 0 heterocycles. The van der Waals surface area contributed by atoms with Crippen LogP contribution >= 0.6 is 0 Å². The van der Waals surface area contributed by atoms with Gasteiger partial charge in [0.1, 0.15) is 0 Å². The van der Waals surface area contributed by atoms with Gasteiger partial charge in [-0.2, -0.15) is 0 Å². The third-order valence-corrected chi connectivity index (χ3v) is 2.79. The number of rotatable bonds is 4. The first-order valence-electron chi connectivity index (χ1n) is 5.15. The molecule has 3 nitrogen and oxygen atoms in total. The predicted molar refractivity (Wildman–Crippen MR) is 53.6 cm³/mol. The second-order valence-corrected chi connectivity index (χ2v) is 3.90. The van der Waals surface area contributed by atoms with E-state index < -0.39 is 0 Å². The Morgan fingerprint density at radius 3 is 2.62 bits per heavy atom. The number of nitrogens with zero attached hydrogens (tertiary/aromatic N) is 1. The summed E-state index contributed by atoms with van der Waals surface area (Å²) in [6.45, 7) is 3.32. The summed E-state index contributed by atoms with van der Waals surface area (Å²) in [5.74, 6) is 0.0693. The molecule has 0 aromatic rings. The molecule has 0 aromatic heterocycles. The number of nitrogens with one attached hydrogen (secondary N) is 1. The summed E-state index contributed by atoms with van der Waals surface area (Å²) >= 11 is 0. The lowest BCUT2D eigenvalue weighted by Crippen LogP contribution is -2.36. The van der Waals surface area contributed by atoms with Crippen LogP contribution in [0.1, 0.15) is 32.6 Å². The molecule has 0 unspecified atom stereocenters. The van der Waals surface area contributed by atoms with Crippen molar-refractivity contribution in [2.45, 2.75) is 38.6 Å². The topological polar surface area (TPSA) is 32.3 Å². The van der Waals surface area contributed by atoms with E-state index in [4.69, 9.17) is 0 Å².